The molecule has 1 unspecified atom stereocenters. The largest absolute Gasteiger partial charge is 0.435 e. The zero-order valence-electron chi connectivity index (χ0n) is 9.38. The molecule has 0 radical (unpaired) electrons. The summed E-state index contributed by atoms with van der Waals surface area (Å²) in [5.41, 5.74) is 0. The Labute approximate surface area is 100 Å². The van der Waals surface area contributed by atoms with Gasteiger partial charge in [0, 0.05) is 6.42 Å². The zero-order chi connectivity index (χ0) is 11.5. The fourth-order valence-electron chi connectivity index (χ4n) is 1.34. The Morgan fingerprint density at radius 3 is 2.47 bits per heavy atom. The maximum Gasteiger partial charge on any atom is 0.318 e. The molecule has 0 aromatic rings. The lowest BCUT2D eigenvalue weighted by Crippen LogP contribution is -2.18. The molecule has 0 spiro atoms. The first-order valence-corrected chi connectivity index (χ1v) is 6.76. The van der Waals surface area contributed by atoms with Gasteiger partial charge in [-0.3, -0.25) is 4.79 Å². The van der Waals surface area contributed by atoms with E-state index in [4.69, 9.17) is 4.74 Å². The second kappa shape index (κ2) is 10.4. The summed E-state index contributed by atoms with van der Waals surface area (Å²) in [5.74, 6) is -0.409. The van der Waals surface area contributed by atoms with Crippen LogP contribution in [0.25, 0.3) is 0 Å². The van der Waals surface area contributed by atoms with Crippen molar-refractivity contribution in [3.8, 4) is 0 Å². The highest BCUT2D eigenvalue weighted by Crippen LogP contribution is 2.09. The molecule has 90 valence electrons. The molecular weight excluding hydrogens is 260 g/mol. The highest BCUT2D eigenvalue weighted by molar-refractivity contribution is 9.09. The number of aliphatic hydroxyl groups excluding tert-OH is 1. The third-order valence-corrected chi connectivity index (χ3v) is 2.64. The maximum atomic E-state index is 10.8. The fraction of sp³-hybridized carbons (Fsp3) is 0.909. The van der Waals surface area contributed by atoms with Crippen LogP contribution in [0.5, 0.6) is 0 Å². The monoisotopic (exact) mass is 280 g/mol. The third-order valence-electron chi connectivity index (χ3n) is 2.18. The number of alkyl halides is 1. The average molecular weight is 281 g/mol. The van der Waals surface area contributed by atoms with E-state index in [0.29, 0.717) is 6.42 Å². The van der Waals surface area contributed by atoms with Crippen LogP contribution in [0, 0.1) is 0 Å². The summed E-state index contributed by atoms with van der Waals surface area (Å²) in [7, 11) is 0. The van der Waals surface area contributed by atoms with Gasteiger partial charge in [-0.15, -0.1) is 0 Å². The molecule has 0 aliphatic rings. The van der Waals surface area contributed by atoms with E-state index in [1.807, 2.05) is 0 Å². The molecular formula is C11H21BrO3. The van der Waals surface area contributed by atoms with Crippen LogP contribution in [0.3, 0.4) is 0 Å². The third kappa shape index (κ3) is 10.2. The normalized spacial score (nSPS) is 12.5. The molecule has 0 heterocycles. The highest BCUT2D eigenvalue weighted by Gasteiger charge is 2.08. The molecule has 4 heteroatoms. The zero-order valence-corrected chi connectivity index (χ0v) is 11.0. The standard InChI is InChI=1S/C11H21BrO3/c1-2-3-4-5-6-7-8-10(13)15-11(14)9-12/h10,13H,2-9H2,1H3. The van der Waals surface area contributed by atoms with E-state index >= 15 is 0 Å². The molecule has 0 fully saturated rings. The van der Waals surface area contributed by atoms with E-state index in [1.54, 1.807) is 0 Å². The molecule has 0 bridgehead atoms. The number of esters is 1. The molecule has 0 saturated heterocycles. The fourth-order valence-corrected chi connectivity index (χ4v) is 1.47. The lowest BCUT2D eigenvalue weighted by Gasteiger charge is -2.10. The van der Waals surface area contributed by atoms with Crippen molar-refractivity contribution in [1.29, 1.82) is 0 Å². The molecule has 1 N–H and O–H groups in total. The molecule has 0 amide bonds. The van der Waals surface area contributed by atoms with E-state index in [2.05, 4.69) is 22.9 Å². The number of halogens is 1. The number of hydrogen-bond donors (Lipinski definition) is 1. The smallest absolute Gasteiger partial charge is 0.318 e. The average Bonchev–Trinajstić information content (AvgIpc) is 2.23. The SMILES string of the molecule is CCCCCCCCC(O)OC(=O)CBr. The van der Waals surface area contributed by atoms with Crippen molar-refractivity contribution in [3.05, 3.63) is 0 Å². The molecule has 0 aliphatic carbocycles. The van der Waals surface area contributed by atoms with Gasteiger partial charge in [-0.2, -0.15) is 0 Å². The van der Waals surface area contributed by atoms with E-state index in [0.717, 1.165) is 12.8 Å². The number of rotatable bonds is 9. The van der Waals surface area contributed by atoms with Crippen molar-refractivity contribution in [3.63, 3.8) is 0 Å². The summed E-state index contributed by atoms with van der Waals surface area (Å²) in [6, 6.07) is 0. The Bertz CT molecular complexity index is 162. The van der Waals surface area contributed by atoms with Crippen LogP contribution in [0.1, 0.15) is 51.9 Å². The number of unbranched alkanes of at least 4 members (excludes halogenated alkanes) is 5. The minimum atomic E-state index is -0.929. The topological polar surface area (TPSA) is 46.5 Å². The first-order valence-electron chi connectivity index (χ1n) is 5.64. The van der Waals surface area contributed by atoms with Gasteiger partial charge in [0.1, 0.15) is 5.33 Å². The summed E-state index contributed by atoms with van der Waals surface area (Å²) in [5, 5.41) is 9.43. The first kappa shape index (κ1) is 14.9. The van der Waals surface area contributed by atoms with Gasteiger partial charge in [0.05, 0.1) is 0 Å². The van der Waals surface area contributed by atoms with Gasteiger partial charge in [0.15, 0.2) is 0 Å². The minimum Gasteiger partial charge on any atom is -0.435 e. The number of carbonyl (C=O) groups is 1. The molecule has 0 aromatic carbocycles. The van der Waals surface area contributed by atoms with Crippen LogP contribution >= 0.6 is 15.9 Å². The Kier molecular flexibility index (Phi) is 10.4. The van der Waals surface area contributed by atoms with Crippen LogP contribution in [0.2, 0.25) is 0 Å². The number of ether oxygens (including phenoxy) is 1. The van der Waals surface area contributed by atoms with Gasteiger partial charge < -0.3 is 9.84 Å². The lowest BCUT2D eigenvalue weighted by molar-refractivity contribution is -0.165. The second-order valence-corrected chi connectivity index (χ2v) is 4.20. The molecule has 0 saturated carbocycles. The summed E-state index contributed by atoms with van der Waals surface area (Å²) in [6.45, 7) is 2.18. The molecule has 0 aromatic heterocycles. The lowest BCUT2D eigenvalue weighted by atomic mass is 10.1. The Hall–Kier alpha value is -0.0900. The van der Waals surface area contributed by atoms with Gasteiger partial charge >= 0.3 is 5.97 Å². The van der Waals surface area contributed by atoms with Crippen molar-refractivity contribution >= 4 is 21.9 Å². The van der Waals surface area contributed by atoms with Crippen molar-refractivity contribution in [2.24, 2.45) is 0 Å². The van der Waals surface area contributed by atoms with Crippen LogP contribution in [0.4, 0.5) is 0 Å². The predicted octanol–water partition coefficient (Wildman–Crippen LogP) is 2.99. The summed E-state index contributed by atoms with van der Waals surface area (Å²) >= 11 is 2.97. The van der Waals surface area contributed by atoms with Crippen LogP contribution < -0.4 is 0 Å². The maximum absolute atomic E-state index is 10.8. The van der Waals surface area contributed by atoms with Crippen molar-refractivity contribution < 1.29 is 14.6 Å². The Morgan fingerprint density at radius 2 is 1.87 bits per heavy atom. The molecule has 1 atom stereocenters. The second-order valence-electron chi connectivity index (χ2n) is 3.63. The van der Waals surface area contributed by atoms with Gasteiger partial charge in [0.2, 0.25) is 6.29 Å². The quantitative estimate of drug-likeness (QED) is 0.306. The van der Waals surface area contributed by atoms with Gasteiger partial charge in [0.25, 0.3) is 0 Å². The molecule has 0 rings (SSSR count). The van der Waals surface area contributed by atoms with Crippen molar-refractivity contribution in [2.45, 2.75) is 58.2 Å². The highest BCUT2D eigenvalue weighted by atomic mass is 79.9. The van der Waals surface area contributed by atoms with Crippen LogP contribution in [-0.2, 0) is 9.53 Å². The molecule has 0 aliphatic heterocycles. The van der Waals surface area contributed by atoms with Gasteiger partial charge in [-0.05, 0) is 6.42 Å². The van der Waals surface area contributed by atoms with E-state index in [1.165, 1.54) is 25.7 Å². The van der Waals surface area contributed by atoms with E-state index < -0.39 is 12.3 Å². The number of carbonyl (C=O) groups excluding carboxylic acids is 1. The Balaban J connectivity index is 3.23. The van der Waals surface area contributed by atoms with Crippen molar-refractivity contribution in [1.82, 2.24) is 0 Å². The summed E-state index contributed by atoms with van der Waals surface area (Å²) in [6.07, 6.45) is 6.61. The predicted molar refractivity (Wildman–Crippen MR) is 63.9 cm³/mol. The van der Waals surface area contributed by atoms with Gasteiger partial charge in [-0.1, -0.05) is 55.0 Å². The minimum absolute atomic E-state index is 0.139. The molecule has 3 nitrogen and oxygen atoms in total. The summed E-state index contributed by atoms with van der Waals surface area (Å²) < 4.78 is 4.70. The van der Waals surface area contributed by atoms with Crippen LogP contribution in [-0.4, -0.2) is 22.7 Å². The van der Waals surface area contributed by atoms with E-state index in [9.17, 15) is 9.90 Å². The first-order chi connectivity index (χ1) is 7.20. The van der Waals surface area contributed by atoms with Crippen LogP contribution in [0.15, 0.2) is 0 Å². The van der Waals surface area contributed by atoms with E-state index in [-0.39, 0.29) is 5.33 Å². The Morgan fingerprint density at radius 1 is 1.27 bits per heavy atom. The summed E-state index contributed by atoms with van der Waals surface area (Å²) in [4.78, 5) is 10.8. The number of hydrogen-bond acceptors (Lipinski definition) is 3. The molecule has 15 heavy (non-hydrogen) atoms. The van der Waals surface area contributed by atoms with Gasteiger partial charge in [-0.25, -0.2) is 0 Å². The van der Waals surface area contributed by atoms with Crippen molar-refractivity contribution in [2.75, 3.05) is 5.33 Å². The number of aliphatic hydroxyl groups is 1.